The quantitative estimate of drug-likeness (QED) is 0.743. The number of aromatic nitrogens is 4. The van der Waals surface area contributed by atoms with Crippen molar-refractivity contribution < 1.29 is 19.0 Å². The SMILES string of the molecule is O=C(NC1CC1)c1cnc(-c2cn(CC3OCC4(CC4)CO3)nn2)c(OC2CC2)c1. The van der Waals surface area contributed by atoms with Gasteiger partial charge in [-0.2, -0.15) is 0 Å². The molecule has 3 aliphatic carbocycles. The maximum atomic E-state index is 12.4. The van der Waals surface area contributed by atoms with Crippen LogP contribution in [0.1, 0.15) is 48.9 Å². The van der Waals surface area contributed by atoms with E-state index in [1.54, 1.807) is 16.9 Å². The molecule has 2 aromatic rings. The zero-order valence-corrected chi connectivity index (χ0v) is 16.7. The minimum absolute atomic E-state index is 0.110. The highest BCUT2D eigenvalue weighted by molar-refractivity contribution is 5.95. The second-order valence-corrected chi connectivity index (χ2v) is 9.01. The molecule has 0 bridgehead atoms. The van der Waals surface area contributed by atoms with Gasteiger partial charge in [0, 0.05) is 17.7 Å². The number of nitrogens with zero attached hydrogens (tertiary/aromatic N) is 4. The summed E-state index contributed by atoms with van der Waals surface area (Å²) in [5, 5.41) is 11.5. The van der Waals surface area contributed by atoms with Gasteiger partial charge in [0.15, 0.2) is 6.29 Å². The Morgan fingerprint density at radius 2 is 2.03 bits per heavy atom. The van der Waals surface area contributed by atoms with Gasteiger partial charge in [-0.3, -0.25) is 4.79 Å². The van der Waals surface area contributed by atoms with E-state index in [2.05, 4.69) is 20.6 Å². The Morgan fingerprint density at radius 3 is 2.73 bits per heavy atom. The summed E-state index contributed by atoms with van der Waals surface area (Å²) >= 11 is 0. The lowest BCUT2D eigenvalue weighted by Crippen LogP contribution is -2.36. The third-order valence-electron chi connectivity index (χ3n) is 6.07. The van der Waals surface area contributed by atoms with E-state index >= 15 is 0 Å². The third-order valence-corrected chi connectivity index (χ3v) is 6.07. The van der Waals surface area contributed by atoms with Gasteiger partial charge in [-0.1, -0.05) is 5.21 Å². The lowest BCUT2D eigenvalue weighted by atomic mass is 10.1. The van der Waals surface area contributed by atoms with Crippen LogP contribution in [0.2, 0.25) is 0 Å². The first-order chi connectivity index (χ1) is 14.7. The largest absolute Gasteiger partial charge is 0.488 e. The molecule has 1 amide bonds. The van der Waals surface area contributed by atoms with Crippen LogP contribution < -0.4 is 10.1 Å². The van der Waals surface area contributed by atoms with Gasteiger partial charge < -0.3 is 19.5 Å². The Kier molecular flexibility index (Phi) is 4.28. The van der Waals surface area contributed by atoms with Crippen LogP contribution in [0.3, 0.4) is 0 Å². The van der Waals surface area contributed by atoms with Crippen LogP contribution in [-0.2, 0) is 16.0 Å². The summed E-state index contributed by atoms with van der Waals surface area (Å²) in [5.41, 5.74) is 1.98. The summed E-state index contributed by atoms with van der Waals surface area (Å²) in [6, 6.07) is 2.06. The highest BCUT2D eigenvalue weighted by Gasteiger charge is 2.47. The standard InChI is InChI=1S/C21H25N5O4/c27-20(23-14-1-2-14)13-7-17(30-15-3-4-15)19(22-8-13)16-9-26(25-24-16)10-18-28-11-21(5-6-21)12-29-18/h7-9,14-15,18H,1-6,10-12H2,(H,23,27). The summed E-state index contributed by atoms with van der Waals surface area (Å²) in [7, 11) is 0. The molecule has 0 radical (unpaired) electrons. The van der Waals surface area contributed by atoms with E-state index < -0.39 is 0 Å². The Balaban J connectivity index is 1.19. The molecule has 2 aromatic heterocycles. The lowest BCUT2D eigenvalue weighted by molar-refractivity contribution is -0.213. The van der Waals surface area contributed by atoms with Crippen LogP contribution in [0.25, 0.3) is 11.4 Å². The molecule has 0 unspecified atom stereocenters. The maximum absolute atomic E-state index is 12.4. The van der Waals surface area contributed by atoms with E-state index in [9.17, 15) is 4.79 Å². The normalized spacial score (nSPS) is 22.8. The first-order valence-electron chi connectivity index (χ1n) is 10.8. The van der Waals surface area contributed by atoms with Crippen molar-refractivity contribution in [2.75, 3.05) is 13.2 Å². The molecule has 6 rings (SSSR count). The first kappa shape index (κ1) is 18.3. The van der Waals surface area contributed by atoms with Gasteiger partial charge >= 0.3 is 0 Å². The molecule has 9 heteroatoms. The van der Waals surface area contributed by atoms with Gasteiger partial charge in [-0.25, -0.2) is 9.67 Å². The van der Waals surface area contributed by atoms with Crippen molar-refractivity contribution in [1.29, 1.82) is 0 Å². The number of ether oxygens (including phenoxy) is 3. The van der Waals surface area contributed by atoms with Crippen molar-refractivity contribution in [2.45, 2.75) is 63.5 Å². The van der Waals surface area contributed by atoms with Gasteiger partial charge in [0.05, 0.1) is 37.6 Å². The summed E-state index contributed by atoms with van der Waals surface area (Å²) in [4.78, 5) is 16.9. The summed E-state index contributed by atoms with van der Waals surface area (Å²) in [5.74, 6) is 0.467. The maximum Gasteiger partial charge on any atom is 0.253 e. The van der Waals surface area contributed by atoms with Gasteiger partial charge in [-0.15, -0.1) is 5.10 Å². The van der Waals surface area contributed by atoms with Crippen molar-refractivity contribution >= 4 is 5.91 Å². The van der Waals surface area contributed by atoms with Crippen molar-refractivity contribution in [3.63, 3.8) is 0 Å². The highest BCUT2D eigenvalue weighted by atomic mass is 16.7. The van der Waals surface area contributed by atoms with E-state index in [0.717, 1.165) is 38.9 Å². The summed E-state index contributed by atoms with van der Waals surface area (Å²) < 4.78 is 19.4. The number of hydrogen-bond acceptors (Lipinski definition) is 7. The third kappa shape index (κ3) is 3.91. The topological polar surface area (TPSA) is 100 Å². The van der Waals surface area contributed by atoms with Crippen LogP contribution in [0.4, 0.5) is 0 Å². The molecule has 9 nitrogen and oxygen atoms in total. The van der Waals surface area contributed by atoms with Gasteiger partial charge in [0.1, 0.15) is 17.1 Å². The molecule has 158 valence electrons. The predicted octanol–water partition coefficient (Wildman–Crippen LogP) is 1.93. The number of rotatable bonds is 7. The van der Waals surface area contributed by atoms with Crippen molar-refractivity contribution in [1.82, 2.24) is 25.3 Å². The average Bonchev–Trinajstić information content (AvgIpc) is 3.66. The molecule has 4 fully saturated rings. The van der Waals surface area contributed by atoms with E-state index in [-0.39, 0.29) is 23.7 Å². The van der Waals surface area contributed by atoms with Gasteiger partial charge in [-0.05, 0) is 44.6 Å². The van der Waals surface area contributed by atoms with E-state index in [4.69, 9.17) is 14.2 Å². The molecule has 1 N–H and O–H groups in total. The molecule has 30 heavy (non-hydrogen) atoms. The Bertz CT molecular complexity index is 954. The Hall–Kier alpha value is -2.52. The molecule has 3 saturated carbocycles. The number of carbonyl (C=O) groups excluding carboxylic acids is 1. The van der Waals surface area contributed by atoms with Crippen molar-refractivity contribution in [3.8, 4) is 17.1 Å². The molecule has 3 heterocycles. The molecule has 1 saturated heterocycles. The number of carbonyl (C=O) groups is 1. The Labute approximate surface area is 174 Å². The zero-order valence-electron chi connectivity index (χ0n) is 16.7. The fraction of sp³-hybridized carbons (Fsp3) is 0.619. The predicted molar refractivity (Wildman–Crippen MR) is 105 cm³/mol. The second kappa shape index (κ2) is 7.02. The molecule has 0 atom stereocenters. The fourth-order valence-corrected chi connectivity index (χ4v) is 3.56. The fourth-order valence-electron chi connectivity index (χ4n) is 3.56. The highest BCUT2D eigenvalue weighted by Crippen LogP contribution is 2.48. The van der Waals surface area contributed by atoms with Crippen LogP contribution in [0.15, 0.2) is 18.5 Å². The lowest BCUT2D eigenvalue weighted by Gasteiger charge is -2.29. The van der Waals surface area contributed by atoms with Crippen LogP contribution >= 0.6 is 0 Å². The Morgan fingerprint density at radius 1 is 1.23 bits per heavy atom. The molecule has 4 aliphatic rings. The molecule has 1 aliphatic heterocycles. The van der Waals surface area contributed by atoms with E-state index in [0.29, 0.717) is 35.3 Å². The molecular weight excluding hydrogens is 386 g/mol. The minimum atomic E-state index is -0.311. The number of nitrogens with one attached hydrogen (secondary N) is 1. The van der Waals surface area contributed by atoms with Gasteiger partial charge in [0.25, 0.3) is 5.91 Å². The first-order valence-corrected chi connectivity index (χ1v) is 10.8. The molecule has 0 aromatic carbocycles. The smallest absolute Gasteiger partial charge is 0.253 e. The zero-order chi connectivity index (χ0) is 20.1. The molecule has 1 spiro atoms. The minimum Gasteiger partial charge on any atom is -0.488 e. The van der Waals surface area contributed by atoms with Crippen LogP contribution in [0.5, 0.6) is 5.75 Å². The van der Waals surface area contributed by atoms with Crippen LogP contribution in [0, 0.1) is 5.41 Å². The second-order valence-electron chi connectivity index (χ2n) is 9.01. The number of amides is 1. The van der Waals surface area contributed by atoms with Crippen LogP contribution in [-0.4, -0.2) is 57.5 Å². The van der Waals surface area contributed by atoms with E-state index in [1.165, 1.54) is 12.8 Å². The molecular formula is C21H25N5O4. The van der Waals surface area contributed by atoms with E-state index in [1.807, 2.05) is 6.20 Å². The average molecular weight is 411 g/mol. The number of pyridine rings is 1. The summed E-state index contributed by atoms with van der Waals surface area (Å²) in [6.45, 7) is 1.98. The monoisotopic (exact) mass is 411 g/mol. The van der Waals surface area contributed by atoms with Crippen molar-refractivity contribution in [2.24, 2.45) is 5.41 Å². The summed E-state index contributed by atoms with van der Waals surface area (Å²) in [6.07, 6.45) is 9.77. The van der Waals surface area contributed by atoms with Gasteiger partial charge in [0.2, 0.25) is 0 Å². The number of hydrogen-bond donors (Lipinski definition) is 1. The van der Waals surface area contributed by atoms with Crippen molar-refractivity contribution in [3.05, 3.63) is 24.0 Å².